The Morgan fingerprint density at radius 1 is 1.27 bits per heavy atom. The second-order valence-corrected chi connectivity index (χ2v) is 11.5. The van der Waals surface area contributed by atoms with Crippen LogP contribution < -0.4 is 5.32 Å². The van der Waals surface area contributed by atoms with Crippen LogP contribution in [0.4, 0.5) is 4.79 Å². The summed E-state index contributed by atoms with van der Waals surface area (Å²) in [5.41, 5.74) is 5.77. The molecule has 2 fully saturated rings. The SMILES string of the molecule is CCN(CC)C(=O)NC1C[C@@H]2c3cccc4[nH]c(C5SCCS5)c(c34)C[C@H]2N(C)C1. The van der Waals surface area contributed by atoms with Gasteiger partial charge in [-0.3, -0.25) is 0 Å². The van der Waals surface area contributed by atoms with Gasteiger partial charge in [-0.1, -0.05) is 12.1 Å². The van der Waals surface area contributed by atoms with Crippen molar-refractivity contribution in [3.8, 4) is 0 Å². The van der Waals surface area contributed by atoms with Crippen LogP contribution in [0.15, 0.2) is 18.2 Å². The summed E-state index contributed by atoms with van der Waals surface area (Å²) < 4.78 is 0.548. The van der Waals surface area contributed by atoms with Crippen LogP contribution in [0.5, 0.6) is 0 Å². The van der Waals surface area contributed by atoms with Crippen LogP contribution in [0.25, 0.3) is 10.9 Å². The first-order valence-electron chi connectivity index (χ1n) is 11.2. The Morgan fingerprint density at radius 2 is 2.03 bits per heavy atom. The van der Waals surface area contributed by atoms with Crippen molar-refractivity contribution in [2.75, 3.05) is 38.2 Å². The molecule has 2 amide bonds. The molecule has 5 rings (SSSR count). The number of likely N-dealkylation sites (N-methyl/N-ethyl adjacent to an activating group) is 1. The molecule has 2 aliphatic heterocycles. The van der Waals surface area contributed by atoms with E-state index in [0.717, 1.165) is 32.5 Å². The lowest BCUT2D eigenvalue weighted by atomic mass is 9.73. The third-order valence-corrected chi connectivity index (χ3v) is 10.2. The third kappa shape index (κ3) is 3.43. The van der Waals surface area contributed by atoms with Gasteiger partial charge in [-0.2, -0.15) is 0 Å². The quantitative estimate of drug-likeness (QED) is 0.733. The number of hydrogen-bond donors (Lipinski definition) is 2. The molecular formula is C23H32N4OS2. The zero-order chi connectivity index (χ0) is 20.8. The maximum Gasteiger partial charge on any atom is 0.317 e. The van der Waals surface area contributed by atoms with Gasteiger partial charge in [0.05, 0.1) is 4.58 Å². The molecule has 1 aliphatic carbocycles. The highest BCUT2D eigenvalue weighted by Gasteiger charge is 2.41. The van der Waals surface area contributed by atoms with E-state index in [0.29, 0.717) is 16.5 Å². The summed E-state index contributed by atoms with van der Waals surface area (Å²) in [5, 5.41) is 4.78. The number of thioether (sulfide) groups is 2. The number of urea groups is 1. The first-order chi connectivity index (χ1) is 14.6. The van der Waals surface area contributed by atoms with Crippen LogP contribution >= 0.6 is 23.5 Å². The number of nitrogens with zero attached hydrogens (tertiary/aromatic N) is 2. The second kappa shape index (κ2) is 8.32. The summed E-state index contributed by atoms with van der Waals surface area (Å²) in [6, 6.07) is 7.55. The molecule has 1 unspecified atom stereocenters. The van der Waals surface area contributed by atoms with E-state index in [1.165, 1.54) is 33.7 Å². The zero-order valence-electron chi connectivity index (χ0n) is 18.1. The summed E-state index contributed by atoms with van der Waals surface area (Å²) in [6.45, 7) is 6.51. The molecule has 2 saturated heterocycles. The second-order valence-electron chi connectivity index (χ2n) is 8.73. The average molecular weight is 445 g/mol. The maximum absolute atomic E-state index is 12.7. The number of benzene rings is 1. The number of aromatic nitrogens is 1. The number of carbonyl (C=O) groups excluding carboxylic acids is 1. The highest BCUT2D eigenvalue weighted by atomic mass is 32.2. The summed E-state index contributed by atoms with van der Waals surface area (Å²) >= 11 is 4.16. The number of fused-ring (bicyclic) bond motifs is 2. The number of hydrogen-bond acceptors (Lipinski definition) is 4. The van der Waals surface area contributed by atoms with Gasteiger partial charge in [0, 0.05) is 65.7 Å². The highest BCUT2D eigenvalue weighted by molar-refractivity contribution is 8.19. The predicted molar refractivity (Wildman–Crippen MR) is 129 cm³/mol. The van der Waals surface area contributed by atoms with E-state index in [1.54, 1.807) is 5.56 Å². The Labute approximate surface area is 187 Å². The zero-order valence-corrected chi connectivity index (χ0v) is 19.7. The molecule has 0 bridgehead atoms. The topological polar surface area (TPSA) is 51.4 Å². The molecule has 0 saturated carbocycles. The molecule has 0 radical (unpaired) electrons. The van der Waals surface area contributed by atoms with E-state index in [-0.39, 0.29) is 12.1 Å². The normalized spacial score (nSPS) is 26.7. The first-order valence-corrected chi connectivity index (χ1v) is 13.3. The summed E-state index contributed by atoms with van der Waals surface area (Å²) in [4.78, 5) is 20.8. The minimum atomic E-state index is 0.0748. The number of piperidine rings is 1. The Kier molecular flexibility index (Phi) is 5.71. The van der Waals surface area contributed by atoms with Crippen LogP contribution in [-0.4, -0.2) is 71.1 Å². The molecule has 0 spiro atoms. The molecule has 3 heterocycles. The van der Waals surface area contributed by atoms with Crippen molar-refractivity contribution in [2.24, 2.45) is 0 Å². The smallest absolute Gasteiger partial charge is 0.317 e. The van der Waals surface area contributed by atoms with Crippen molar-refractivity contribution in [3.63, 3.8) is 0 Å². The lowest BCUT2D eigenvalue weighted by Crippen LogP contribution is -2.56. The van der Waals surface area contributed by atoms with Crippen LogP contribution in [0, 0.1) is 0 Å². The molecule has 1 aromatic heterocycles. The van der Waals surface area contributed by atoms with Gasteiger partial charge < -0.3 is 20.1 Å². The molecule has 30 heavy (non-hydrogen) atoms. The number of carbonyl (C=O) groups is 1. The predicted octanol–water partition coefficient (Wildman–Crippen LogP) is 4.41. The van der Waals surface area contributed by atoms with Gasteiger partial charge in [0.25, 0.3) is 0 Å². The lowest BCUT2D eigenvalue weighted by molar-refractivity contribution is 0.124. The van der Waals surface area contributed by atoms with Gasteiger partial charge in [0.2, 0.25) is 0 Å². The van der Waals surface area contributed by atoms with E-state index in [4.69, 9.17) is 0 Å². The minimum absolute atomic E-state index is 0.0748. The van der Waals surface area contributed by atoms with Crippen LogP contribution in [0.1, 0.15) is 47.6 Å². The van der Waals surface area contributed by atoms with Crippen molar-refractivity contribution >= 4 is 40.5 Å². The van der Waals surface area contributed by atoms with Crippen molar-refractivity contribution in [2.45, 2.75) is 49.3 Å². The monoisotopic (exact) mass is 444 g/mol. The molecule has 162 valence electrons. The molecular weight excluding hydrogens is 412 g/mol. The molecule has 1 aromatic carbocycles. The third-order valence-electron chi connectivity index (χ3n) is 7.12. The number of rotatable bonds is 4. The molecule has 5 nitrogen and oxygen atoms in total. The first kappa shape index (κ1) is 20.6. The fraction of sp³-hybridized carbons (Fsp3) is 0.609. The fourth-order valence-electron chi connectivity index (χ4n) is 5.66. The van der Waals surface area contributed by atoms with Crippen molar-refractivity contribution in [3.05, 3.63) is 35.0 Å². The van der Waals surface area contributed by atoms with Crippen molar-refractivity contribution in [1.82, 2.24) is 20.1 Å². The molecule has 3 atom stereocenters. The molecule has 2 aromatic rings. The van der Waals surface area contributed by atoms with Crippen LogP contribution in [0.3, 0.4) is 0 Å². The van der Waals surface area contributed by atoms with Gasteiger partial charge in [-0.05, 0) is 50.9 Å². The number of likely N-dealkylation sites (tertiary alicyclic amines) is 1. The summed E-state index contributed by atoms with van der Waals surface area (Å²) in [7, 11) is 2.24. The summed E-state index contributed by atoms with van der Waals surface area (Å²) in [6.07, 6.45) is 2.13. The van der Waals surface area contributed by atoms with Gasteiger partial charge in [0.1, 0.15) is 0 Å². The number of aromatic amines is 1. The van der Waals surface area contributed by atoms with Crippen molar-refractivity contribution in [1.29, 1.82) is 0 Å². The lowest BCUT2D eigenvalue weighted by Gasteiger charge is -2.46. The Morgan fingerprint density at radius 3 is 2.77 bits per heavy atom. The van der Waals surface area contributed by atoms with E-state index in [2.05, 4.69) is 64.0 Å². The molecule has 3 aliphatic rings. The number of nitrogens with one attached hydrogen (secondary N) is 2. The van der Waals surface area contributed by atoms with E-state index < -0.39 is 0 Å². The number of amides is 2. The highest BCUT2D eigenvalue weighted by Crippen LogP contribution is 2.51. The largest absolute Gasteiger partial charge is 0.357 e. The fourth-order valence-corrected chi connectivity index (χ4v) is 8.56. The molecule has 2 N–H and O–H groups in total. The van der Waals surface area contributed by atoms with E-state index in [9.17, 15) is 4.79 Å². The van der Waals surface area contributed by atoms with Gasteiger partial charge in [0.15, 0.2) is 0 Å². The van der Waals surface area contributed by atoms with Crippen LogP contribution in [-0.2, 0) is 6.42 Å². The average Bonchev–Trinajstić information content (AvgIpc) is 3.39. The Bertz CT molecular complexity index is 935. The van der Waals surface area contributed by atoms with Crippen molar-refractivity contribution < 1.29 is 4.79 Å². The Hall–Kier alpha value is -1.31. The molecule has 7 heteroatoms. The van der Waals surface area contributed by atoms with Crippen LogP contribution in [0.2, 0.25) is 0 Å². The maximum atomic E-state index is 12.7. The summed E-state index contributed by atoms with van der Waals surface area (Å²) in [5.74, 6) is 2.96. The van der Waals surface area contributed by atoms with Gasteiger partial charge in [-0.25, -0.2) is 4.79 Å². The minimum Gasteiger partial charge on any atom is -0.357 e. The Balaban J connectivity index is 1.46. The van der Waals surface area contributed by atoms with E-state index in [1.807, 2.05) is 18.7 Å². The van der Waals surface area contributed by atoms with E-state index >= 15 is 0 Å². The van der Waals surface area contributed by atoms with Gasteiger partial charge in [-0.15, -0.1) is 23.5 Å². The van der Waals surface area contributed by atoms with Gasteiger partial charge >= 0.3 is 6.03 Å². The standard InChI is InChI=1S/C23H32N4OS2/c1-4-27(5-2)23(28)24-14-11-16-15-7-6-8-18-20(15)17(12-19(16)26(3)13-14)21(25-18)22-29-9-10-30-22/h6-8,14,16,19,22,25H,4-5,9-13H2,1-3H3,(H,24,28)/t14?,16-,19-/m1/s1. The number of H-pyrrole nitrogens is 1.